The first-order chi connectivity index (χ1) is 14.1. The highest BCUT2D eigenvalue weighted by Gasteiger charge is 2.48. The molecule has 2 heterocycles. The van der Waals surface area contributed by atoms with Crippen molar-refractivity contribution in [2.24, 2.45) is 5.92 Å². The summed E-state index contributed by atoms with van der Waals surface area (Å²) in [6, 6.07) is 10.4. The number of Topliss-reactive ketones (excluding diaryl/α,β-unsaturated/α-hetero) is 1. The van der Waals surface area contributed by atoms with Crippen molar-refractivity contribution in [3.8, 4) is 28.7 Å². The molecule has 3 aliphatic rings. The van der Waals surface area contributed by atoms with Crippen LogP contribution in [0.3, 0.4) is 0 Å². The molecule has 7 heteroatoms. The van der Waals surface area contributed by atoms with E-state index >= 15 is 0 Å². The summed E-state index contributed by atoms with van der Waals surface area (Å²) in [7, 11) is 0. The molecule has 2 aromatic rings. The molecule has 1 fully saturated rings. The van der Waals surface area contributed by atoms with Gasteiger partial charge < -0.3 is 23.7 Å². The predicted molar refractivity (Wildman–Crippen MR) is 100 cm³/mol. The van der Waals surface area contributed by atoms with Crippen LogP contribution < -0.4 is 23.7 Å². The second-order valence-electron chi connectivity index (χ2n) is 7.00. The van der Waals surface area contributed by atoms with Gasteiger partial charge in [0.2, 0.25) is 6.79 Å². The number of hydrogen-bond acceptors (Lipinski definition) is 7. The van der Waals surface area contributed by atoms with Gasteiger partial charge in [-0.05, 0) is 36.2 Å². The molecular weight excluding hydrogens is 376 g/mol. The van der Waals surface area contributed by atoms with E-state index in [1.807, 2.05) is 19.1 Å². The summed E-state index contributed by atoms with van der Waals surface area (Å²) < 4.78 is 27.1. The summed E-state index contributed by atoms with van der Waals surface area (Å²) in [5, 5.41) is 0. The van der Waals surface area contributed by atoms with Gasteiger partial charge in [-0.2, -0.15) is 0 Å². The molecule has 0 amide bonds. The number of carbonyl (C=O) groups is 2. The van der Waals surface area contributed by atoms with Crippen LogP contribution in [0.15, 0.2) is 48.6 Å². The Bertz CT molecular complexity index is 1030. The quantitative estimate of drug-likeness (QED) is 0.437. The summed E-state index contributed by atoms with van der Waals surface area (Å²) in [6.07, 6.45) is 2.84. The van der Waals surface area contributed by atoms with Gasteiger partial charge in [0.25, 0.3) is 6.29 Å². The fourth-order valence-corrected chi connectivity index (χ4v) is 3.63. The summed E-state index contributed by atoms with van der Waals surface area (Å²) in [5.74, 6) is 2.42. The molecular formula is C22H18O7. The zero-order valence-corrected chi connectivity index (χ0v) is 15.6. The molecule has 2 aliphatic heterocycles. The largest absolute Gasteiger partial charge is 0.454 e. The monoisotopic (exact) mass is 394 g/mol. The van der Waals surface area contributed by atoms with E-state index in [1.54, 1.807) is 24.3 Å². The number of ether oxygens (including phenoxy) is 5. The third-order valence-corrected chi connectivity index (χ3v) is 5.17. The summed E-state index contributed by atoms with van der Waals surface area (Å²) in [4.78, 5) is 23.9. The van der Waals surface area contributed by atoms with Crippen LogP contribution in [-0.4, -0.2) is 24.8 Å². The molecule has 1 saturated carbocycles. The lowest BCUT2D eigenvalue weighted by atomic mass is 10.1. The van der Waals surface area contributed by atoms with E-state index in [1.165, 1.54) is 12.2 Å². The van der Waals surface area contributed by atoms with Gasteiger partial charge in [-0.25, -0.2) is 4.79 Å². The van der Waals surface area contributed by atoms with E-state index in [9.17, 15) is 9.59 Å². The zero-order valence-electron chi connectivity index (χ0n) is 15.6. The Balaban J connectivity index is 1.20. The van der Waals surface area contributed by atoms with Crippen LogP contribution in [0.25, 0.3) is 0 Å². The number of benzene rings is 2. The minimum Gasteiger partial charge on any atom is -0.454 e. The van der Waals surface area contributed by atoms with Gasteiger partial charge in [-0.1, -0.05) is 13.0 Å². The number of carbonyl (C=O) groups excluding carboxylic acids is 2. The van der Waals surface area contributed by atoms with Crippen LogP contribution in [-0.2, 0) is 9.59 Å². The Morgan fingerprint density at radius 1 is 1.07 bits per heavy atom. The van der Waals surface area contributed by atoms with Crippen molar-refractivity contribution >= 4 is 11.8 Å². The third-order valence-electron chi connectivity index (χ3n) is 5.17. The first kappa shape index (κ1) is 17.6. The maximum atomic E-state index is 12.1. The van der Waals surface area contributed by atoms with E-state index in [0.29, 0.717) is 28.7 Å². The molecule has 0 radical (unpaired) electrons. The first-order valence-corrected chi connectivity index (χ1v) is 9.43. The van der Waals surface area contributed by atoms with Crippen molar-refractivity contribution in [1.29, 1.82) is 0 Å². The Kier molecular flexibility index (Phi) is 4.16. The molecule has 3 atom stereocenters. The molecule has 1 aliphatic carbocycles. The summed E-state index contributed by atoms with van der Waals surface area (Å²) >= 11 is 0. The van der Waals surface area contributed by atoms with Gasteiger partial charge in [-0.15, -0.1) is 0 Å². The predicted octanol–water partition coefficient (Wildman–Crippen LogP) is 3.37. The average Bonchev–Trinajstić information content (AvgIpc) is 3.06. The molecule has 7 nitrogen and oxygen atoms in total. The Morgan fingerprint density at radius 2 is 1.86 bits per heavy atom. The average molecular weight is 394 g/mol. The maximum Gasteiger partial charge on any atom is 0.336 e. The van der Waals surface area contributed by atoms with Gasteiger partial charge in [0.05, 0.1) is 5.92 Å². The molecule has 0 spiro atoms. The fourth-order valence-electron chi connectivity index (χ4n) is 3.63. The topological polar surface area (TPSA) is 80.3 Å². The number of rotatable bonds is 5. The molecule has 29 heavy (non-hydrogen) atoms. The van der Waals surface area contributed by atoms with Gasteiger partial charge in [-0.3, -0.25) is 4.79 Å². The van der Waals surface area contributed by atoms with Crippen LogP contribution in [0.2, 0.25) is 0 Å². The van der Waals surface area contributed by atoms with Crippen molar-refractivity contribution < 1.29 is 33.3 Å². The third kappa shape index (κ3) is 3.29. The Morgan fingerprint density at radius 3 is 2.69 bits per heavy atom. The number of esters is 1. The first-order valence-electron chi connectivity index (χ1n) is 9.43. The molecule has 0 bridgehead atoms. The number of hydrogen-bond donors (Lipinski definition) is 0. The maximum absolute atomic E-state index is 12.1. The summed E-state index contributed by atoms with van der Waals surface area (Å²) in [5.41, 5.74) is 0.941. The summed E-state index contributed by atoms with van der Waals surface area (Å²) in [6.45, 7) is 2.16. The smallest absolute Gasteiger partial charge is 0.336 e. The van der Waals surface area contributed by atoms with E-state index in [0.717, 1.165) is 12.0 Å². The zero-order chi connectivity index (χ0) is 20.0. The Labute approximate surface area is 166 Å². The normalized spacial score (nSPS) is 23.5. The molecule has 2 aromatic carbocycles. The minimum atomic E-state index is -0.735. The molecule has 0 N–H and O–H groups in total. The molecule has 0 aromatic heterocycles. The lowest BCUT2D eigenvalue weighted by Gasteiger charge is -2.05. The standard InChI is InChI=1S/C22H18O7/c1-2-14-21(22(14)24)12-3-5-16-18(9-12)29-20(28-16)8-7-19(23)27-13-4-6-15-17(10-13)26-11-25-15/h3-10,14,20-21H,2,11H2,1H3/b8-7+/t14?,20-,21?/m1/s1. The van der Waals surface area contributed by atoms with E-state index < -0.39 is 12.3 Å². The van der Waals surface area contributed by atoms with Crippen molar-refractivity contribution in [2.45, 2.75) is 25.6 Å². The van der Waals surface area contributed by atoms with Crippen LogP contribution in [0.1, 0.15) is 24.8 Å². The van der Waals surface area contributed by atoms with Crippen LogP contribution in [0.5, 0.6) is 28.7 Å². The van der Waals surface area contributed by atoms with Crippen LogP contribution in [0.4, 0.5) is 0 Å². The van der Waals surface area contributed by atoms with E-state index in [4.69, 9.17) is 23.7 Å². The highest BCUT2D eigenvalue weighted by molar-refractivity contribution is 6.04. The highest BCUT2D eigenvalue weighted by Crippen LogP contribution is 2.48. The fraction of sp³-hybridized carbons (Fsp3) is 0.273. The van der Waals surface area contributed by atoms with Crippen LogP contribution >= 0.6 is 0 Å². The van der Waals surface area contributed by atoms with Crippen molar-refractivity contribution in [1.82, 2.24) is 0 Å². The molecule has 0 saturated heterocycles. The minimum absolute atomic E-state index is 0.0415. The van der Waals surface area contributed by atoms with E-state index in [-0.39, 0.29) is 24.4 Å². The van der Waals surface area contributed by atoms with E-state index in [2.05, 4.69) is 0 Å². The van der Waals surface area contributed by atoms with Crippen LogP contribution in [0, 0.1) is 5.92 Å². The second-order valence-corrected chi connectivity index (χ2v) is 7.00. The van der Waals surface area contributed by atoms with Crippen molar-refractivity contribution in [3.63, 3.8) is 0 Å². The SMILES string of the molecule is CCC1C(=O)C1c1ccc2c(c1)O[C@H](/C=C/C(=O)Oc1ccc3c(c1)OCO3)O2. The molecule has 2 unspecified atom stereocenters. The van der Waals surface area contributed by atoms with Gasteiger partial charge >= 0.3 is 5.97 Å². The Hall–Kier alpha value is -3.48. The van der Waals surface area contributed by atoms with Gasteiger partial charge in [0, 0.05) is 24.1 Å². The number of ketones is 1. The van der Waals surface area contributed by atoms with Crippen molar-refractivity contribution in [2.75, 3.05) is 6.79 Å². The van der Waals surface area contributed by atoms with Gasteiger partial charge in [0.15, 0.2) is 23.0 Å². The highest BCUT2D eigenvalue weighted by atomic mass is 16.7. The lowest BCUT2D eigenvalue weighted by molar-refractivity contribution is -0.129. The van der Waals surface area contributed by atoms with Gasteiger partial charge in [0.1, 0.15) is 11.5 Å². The van der Waals surface area contributed by atoms with Crippen molar-refractivity contribution in [3.05, 3.63) is 54.1 Å². The molecule has 5 rings (SSSR count). The second kappa shape index (κ2) is 6.84. The molecule has 148 valence electrons. The lowest BCUT2D eigenvalue weighted by Crippen LogP contribution is -2.15. The number of fused-ring (bicyclic) bond motifs is 2.